The Bertz CT molecular complexity index is 1250. The molecule has 0 amide bonds. The minimum absolute atomic E-state index is 0.137. The maximum absolute atomic E-state index is 6.48. The third kappa shape index (κ3) is 3.61. The Hall–Kier alpha value is -3.35. The number of halogens is 1. The maximum Gasteiger partial charge on any atom is 0.174 e. The van der Waals surface area contributed by atoms with Crippen LogP contribution >= 0.6 is 23.8 Å². The van der Waals surface area contributed by atoms with Gasteiger partial charge in [-0.05, 0) is 66.8 Å². The van der Waals surface area contributed by atoms with Crippen molar-refractivity contribution in [2.75, 3.05) is 12.0 Å². The Balaban J connectivity index is 1.66. The fraction of sp³-hybridized carbons (Fsp3) is 0.120. The van der Waals surface area contributed by atoms with Crippen LogP contribution in [-0.2, 0) is 0 Å². The average molecular weight is 461 g/mol. The van der Waals surface area contributed by atoms with Crippen molar-refractivity contribution in [3.05, 3.63) is 108 Å². The van der Waals surface area contributed by atoms with Gasteiger partial charge in [0.2, 0.25) is 0 Å². The molecule has 5 nitrogen and oxygen atoms in total. The van der Waals surface area contributed by atoms with E-state index < -0.39 is 0 Å². The first-order valence-corrected chi connectivity index (χ1v) is 11.0. The molecule has 2 aromatic heterocycles. The molecular formula is C25H21ClN4OS. The van der Waals surface area contributed by atoms with E-state index in [-0.39, 0.29) is 12.1 Å². The van der Waals surface area contributed by atoms with E-state index in [1.54, 1.807) is 13.3 Å². The Morgan fingerprint density at radius 3 is 2.50 bits per heavy atom. The number of nitrogens with one attached hydrogen (secondary N) is 1. The van der Waals surface area contributed by atoms with Gasteiger partial charge in [-0.15, -0.1) is 0 Å². The molecule has 1 aliphatic rings. The molecule has 0 bridgehead atoms. The van der Waals surface area contributed by atoms with Crippen LogP contribution in [-0.4, -0.2) is 21.8 Å². The van der Waals surface area contributed by atoms with Crippen molar-refractivity contribution < 1.29 is 4.74 Å². The summed E-state index contributed by atoms with van der Waals surface area (Å²) in [6.45, 7) is 0. The lowest BCUT2D eigenvalue weighted by atomic mass is 10.0. The fourth-order valence-corrected chi connectivity index (χ4v) is 4.80. The lowest BCUT2D eigenvalue weighted by Gasteiger charge is -2.29. The van der Waals surface area contributed by atoms with Crippen LogP contribution in [0.15, 0.2) is 91.3 Å². The van der Waals surface area contributed by atoms with Crippen molar-refractivity contribution in [3.63, 3.8) is 0 Å². The summed E-state index contributed by atoms with van der Waals surface area (Å²) in [5.41, 5.74) is 3.98. The number of aromatic nitrogens is 2. The number of hydrogen-bond donors (Lipinski definition) is 1. The molecular weight excluding hydrogens is 440 g/mol. The van der Waals surface area contributed by atoms with Crippen LogP contribution < -0.4 is 15.0 Å². The molecule has 1 aliphatic heterocycles. The van der Waals surface area contributed by atoms with Crippen LogP contribution in [0, 0.1) is 0 Å². The van der Waals surface area contributed by atoms with Gasteiger partial charge in [0.05, 0.1) is 23.9 Å². The highest BCUT2D eigenvalue weighted by molar-refractivity contribution is 7.80. The lowest BCUT2D eigenvalue weighted by Crippen LogP contribution is -2.30. The summed E-state index contributed by atoms with van der Waals surface area (Å²) in [4.78, 5) is 6.73. The summed E-state index contributed by atoms with van der Waals surface area (Å²) in [6.07, 6.45) is 3.88. The zero-order valence-corrected chi connectivity index (χ0v) is 18.9. The molecule has 5 rings (SSSR count). The van der Waals surface area contributed by atoms with E-state index in [1.807, 2.05) is 54.6 Å². The molecule has 1 N–H and O–H groups in total. The largest absolute Gasteiger partial charge is 0.495 e. The van der Waals surface area contributed by atoms with E-state index in [2.05, 4.69) is 50.2 Å². The standard InChI is InChI=1S/C25H21ClN4OS/c1-31-22-13-12-18(16-19(22)26)30-24(23(28-25(30)32)20-10-5-6-14-27-20)21-11-7-15-29(21)17-8-3-2-4-9-17/h2-16,23-24H,1H3,(H,28,32). The summed E-state index contributed by atoms with van der Waals surface area (Å²) in [7, 11) is 1.61. The van der Waals surface area contributed by atoms with Crippen LogP contribution in [0.5, 0.6) is 5.75 Å². The van der Waals surface area contributed by atoms with Crippen molar-refractivity contribution in [3.8, 4) is 11.4 Å². The smallest absolute Gasteiger partial charge is 0.174 e. The Morgan fingerprint density at radius 1 is 0.969 bits per heavy atom. The van der Waals surface area contributed by atoms with E-state index in [0.29, 0.717) is 15.9 Å². The second-order valence-electron chi connectivity index (χ2n) is 7.45. The zero-order valence-electron chi connectivity index (χ0n) is 17.4. The fourth-order valence-electron chi connectivity index (χ4n) is 4.20. The Morgan fingerprint density at radius 2 is 1.78 bits per heavy atom. The molecule has 2 atom stereocenters. The van der Waals surface area contributed by atoms with Crippen molar-refractivity contribution in [1.82, 2.24) is 14.9 Å². The molecule has 0 aliphatic carbocycles. The number of hydrogen-bond acceptors (Lipinski definition) is 3. The second-order valence-corrected chi connectivity index (χ2v) is 8.25. The van der Waals surface area contributed by atoms with Crippen molar-refractivity contribution >= 4 is 34.6 Å². The number of pyridine rings is 1. The topological polar surface area (TPSA) is 42.3 Å². The summed E-state index contributed by atoms with van der Waals surface area (Å²) >= 11 is 12.3. The minimum Gasteiger partial charge on any atom is -0.495 e. The number of ether oxygens (including phenoxy) is 1. The van der Waals surface area contributed by atoms with Gasteiger partial charge in [-0.3, -0.25) is 4.98 Å². The quantitative estimate of drug-likeness (QED) is 0.386. The summed E-state index contributed by atoms with van der Waals surface area (Å²) in [6, 6.07) is 25.8. The third-order valence-corrected chi connectivity index (χ3v) is 6.24. The molecule has 160 valence electrons. The Labute approximate surface area is 197 Å². The van der Waals surface area contributed by atoms with Gasteiger partial charge < -0.3 is 19.5 Å². The highest BCUT2D eigenvalue weighted by Crippen LogP contribution is 2.43. The summed E-state index contributed by atoms with van der Waals surface area (Å²) in [5.74, 6) is 0.624. The monoisotopic (exact) mass is 460 g/mol. The molecule has 0 spiro atoms. The summed E-state index contributed by atoms with van der Waals surface area (Å²) < 4.78 is 7.53. The molecule has 0 saturated carbocycles. The van der Waals surface area contributed by atoms with Gasteiger partial charge in [-0.1, -0.05) is 35.9 Å². The maximum atomic E-state index is 6.48. The van der Waals surface area contributed by atoms with Gasteiger partial charge >= 0.3 is 0 Å². The van der Waals surface area contributed by atoms with Crippen molar-refractivity contribution in [2.45, 2.75) is 12.1 Å². The van der Waals surface area contributed by atoms with Crippen LogP contribution in [0.25, 0.3) is 5.69 Å². The van der Waals surface area contributed by atoms with Gasteiger partial charge in [-0.25, -0.2) is 0 Å². The number of thiocarbonyl (C=S) groups is 1. The van der Waals surface area contributed by atoms with Crippen LogP contribution in [0.2, 0.25) is 5.02 Å². The number of rotatable bonds is 5. The predicted octanol–water partition coefficient (Wildman–Crippen LogP) is 5.71. The average Bonchev–Trinajstić information content (AvgIpc) is 3.44. The number of nitrogens with zero attached hydrogens (tertiary/aromatic N) is 3. The molecule has 7 heteroatoms. The predicted molar refractivity (Wildman–Crippen MR) is 132 cm³/mol. The van der Waals surface area contributed by atoms with Crippen molar-refractivity contribution in [1.29, 1.82) is 0 Å². The normalized spacial score (nSPS) is 17.9. The highest BCUT2D eigenvalue weighted by Gasteiger charge is 2.42. The van der Waals surface area contributed by atoms with Gasteiger partial charge in [0.25, 0.3) is 0 Å². The highest BCUT2D eigenvalue weighted by atomic mass is 35.5. The number of methoxy groups -OCH3 is 1. The zero-order chi connectivity index (χ0) is 22.1. The van der Waals surface area contributed by atoms with E-state index >= 15 is 0 Å². The molecule has 1 saturated heterocycles. The molecule has 3 heterocycles. The van der Waals surface area contributed by atoms with Crippen LogP contribution in [0.4, 0.5) is 5.69 Å². The number of anilines is 1. The molecule has 4 aromatic rings. The van der Waals surface area contributed by atoms with Gasteiger partial charge in [-0.2, -0.15) is 0 Å². The second kappa shape index (κ2) is 8.65. The Kier molecular flexibility index (Phi) is 5.55. The van der Waals surface area contributed by atoms with E-state index in [0.717, 1.165) is 22.8 Å². The first-order chi connectivity index (χ1) is 15.7. The first kappa shape index (κ1) is 20.5. The summed E-state index contributed by atoms with van der Waals surface area (Å²) in [5, 5.41) is 4.64. The van der Waals surface area contributed by atoms with Gasteiger partial charge in [0, 0.05) is 29.5 Å². The van der Waals surface area contributed by atoms with E-state index in [1.165, 1.54) is 0 Å². The van der Waals surface area contributed by atoms with Crippen molar-refractivity contribution in [2.24, 2.45) is 0 Å². The number of para-hydroxylation sites is 1. The van der Waals surface area contributed by atoms with E-state index in [9.17, 15) is 0 Å². The van der Waals surface area contributed by atoms with Crippen LogP contribution in [0.3, 0.4) is 0 Å². The van der Waals surface area contributed by atoms with Gasteiger partial charge in [0.1, 0.15) is 11.8 Å². The molecule has 1 fully saturated rings. The molecule has 32 heavy (non-hydrogen) atoms. The van der Waals surface area contributed by atoms with Gasteiger partial charge in [0.15, 0.2) is 5.11 Å². The number of benzene rings is 2. The van der Waals surface area contributed by atoms with Crippen LogP contribution in [0.1, 0.15) is 23.5 Å². The SMILES string of the molecule is COc1ccc(N2C(=S)NC(c3ccccn3)C2c2cccn2-c2ccccc2)cc1Cl. The molecule has 2 unspecified atom stereocenters. The van der Waals surface area contributed by atoms with E-state index in [4.69, 9.17) is 28.6 Å². The first-order valence-electron chi connectivity index (χ1n) is 10.2. The molecule has 0 radical (unpaired) electrons. The minimum atomic E-state index is -0.142. The molecule has 2 aromatic carbocycles. The third-order valence-electron chi connectivity index (χ3n) is 5.63. The lowest BCUT2D eigenvalue weighted by molar-refractivity contribution is 0.415.